The number of ether oxygens (including phenoxy) is 2. The molecule has 1 aliphatic heterocycles. The Labute approximate surface area is 142 Å². The first-order valence-electron chi connectivity index (χ1n) is 8.33. The molecule has 1 heterocycles. The van der Waals surface area contributed by atoms with E-state index in [9.17, 15) is 4.79 Å². The SMILES string of the molecule is CCOc1cc2c(cc1NC(=O)c1ccc(C)c(C)c1)O[C@@H](C)C2. The first-order valence-corrected chi connectivity index (χ1v) is 8.33. The number of carbonyl (C=O) groups excluding carboxylic acids is 1. The monoisotopic (exact) mass is 325 g/mol. The molecular weight excluding hydrogens is 302 g/mol. The van der Waals surface area contributed by atoms with Crippen molar-refractivity contribution in [1.82, 2.24) is 0 Å². The molecule has 0 unspecified atom stereocenters. The number of benzene rings is 2. The quantitative estimate of drug-likeness (QED) is 0.913. The van der Waals surface area contributed by atoms with Crippen molar-refractivity contribution in [2.75, 3.05) is 11.9 Å². The molecule has 0 radical (unpaired) electrons. The van der Waals surface area contributed by atoms with Crippen molar-refractivity contribution in [2.24, 2.45) is 0 Å². The van der Waals surface area contributed by atoms with Crippen LogP contribution in [0.5, 0.6) is 11.5 Å². The van der Waals surface area contributed by atoms with Gasteiger partial charge in [-0.25, -0.2) is 0 Å². The number of anilines is 1. The normalized spacial score (nSPS) is 15.6. The number of amides is 1. The minimum atomic E-state index is -0.148. The van der Waals surface area contributed by atoms with Crippen molar-refractivity contribution in [3.05, 3.63) is 52.6 Å². The summed E-state index contributed by atoms with van der Waals surface area (Å²) in [6.45, 7) is 8.54. The van der Waals surface area contributed by atoms with Gasteiger partial charge in [0, 0.05) is 23.6 Å². The van der Waals surface area contributed by atoms with Crippen molar-refractivity contribution in [2.45, 2.75) is 40.2 Å². The standard InChI is InChI=1S/C20H23NO3/c1-5-23-19-10-16-9-14(4)24-18(16)11-17(19)21-20(22)15-7-6-12(2)13(3)8-15/h6-8,10-11,14H,5,9H2,1-4H3,(H,21,22)/t14-/m0/s1. The van der Waals surface area contributed by atoms with Crippen molar-refractivity contribution >= 4 is 11.6 Å². The lowest BCUT2D eigenvalue weighted by molar-refractivity contribution is 0.102. The fraction of sp³-hybridized carbons (Fsp3) is 0.350. The summed E-state index contributed by atoms with van der Waals surface area (Å²) >= 11 is 0. The highest BCUT2D eigenvalue weighted by atomic mass is 16.5. The van der Waals surface area contributed by atoms with Gasteiger partial charge in [-0.1, -0.05) is 6.07 Å². The first kappa shape index (κ1) is 16.4. The smallest absolute Gasteiger partial charge is 0.255 e. The van der Waals surface area contributed by atoms with Crippen LogP contribution in [-0.2, 0) is 6.42 Å². The second-order valence-corrected chi connectivity index (χ2v) is 6.27. The molecule has 2 aromatic carbocycles. The fourth-order valence-electron chi connectivity index (χ4n) is 2.89. The Balaban J connectivity index is 1.89. The van der Waals surface area contributed by atoms with E-state index in [2.05, 4.69) is 5.32 Å². The van der Waals surface area contributed by atoms with Gasteiger partial charge in [-0.3, -0.25) is 4.79 Å². The van der Waals surface area contributed by atoms with Crippen LogP contribution in [-0.4, -0.2) is 18.6 Å². The van der Waals surface area contributed by atoms with Gasteiger partial charge < -0.3 is 14.8 Å². The lowest BCUT2D eigenvalue weighted by Gasteiger charge is -2.14. The first-order chi connectivity index (χ1) is 11.5. The zero-order valence-electron chi connectivity index (χ0n) is 14.6. The third-order valence-corrected chi connectivity index (χ3v) is 4.32. The highest BCUT2D eigenvalue weighted by Crippen LogP contribution is 2.38. The van der Waals surface area contributed by atoms with Crippen LogP contribution in [0.25, 0.3) is 0 Å². The maximum Gasteiger partial charge on any atom is 0.255 e. The summed E-state index contributed by atoms with van der Waals surface area (Å²) in [5.41, 5.74) is 4.67. The average Bonchev–Trinajstić information content (AvgIpc) is 2.89. The molecule has 0 fully saturated rings. The molecule has 0 spiro atoms. The van der Waals surface area contributed by atoms with Crippen LogP contribution in [0.3, 0.4) is 0 Å². The topological polar surface area (TPSA) is 47.6 Å². The van der Waals surface area contributed by atoms with E-state index in [1.807, 2.05) is 58.0 Å². The molecule has 1 amide bonds. The van der Waals surface area contributed by atoms with Crippen LogP contribution in [0.2, 0.25) is 0 Å². The number of rotatable bonds is 4. The Morgan fingerprint density at radius 3 is 2.75 bits per heavy atom. The van der Waals surface area contributed by atoms with Crippen molar-refractivity contribution in [3.63, 3.8) is 0 Å². The molecule has 0 aromatic heterocycles. The molecule has 24 heavy (non-hydrogen) atoms. The van der Waals surface area contributed by atoms with Crippen molar-refractivity contribution < 1.29 is 14.3 Å². The van der Waals surface area contributed by atoms with E-state index in [-0.39, 0.29) is 12.0 Å². The highest BCUT2D eigenvalue weighted by molar-refractivity contribution is 6.05. The molecule has 1 atom stereocenters. The second kappa shape index (κ2) is 6.56. The van der Waals surface area contributed by atoms with E-state index in [0.717, 1.165) is 23.3 Å². The van der Waals surface area contributed by atoms with E-state index in [4.69, 9.17) is 9.47 Å². The summed E-state index contributed by atoms with van der Waals surface area (Å²) in [4.78, 5) is 12.6. The minimum absolute atomic E-state index is 0.148. The highest BCUT2D eigenvalue weighted by Gasteiger charge is 2.22. The summed E-state index contributed by atoms with van der Waals surface area (Å²) in [5, 5.41) is 2.96. The maximum atomic E-state index is 12.6. The molecule has 4 nitrogen and oxygen atoms in total. The van der Waals surface area contributed by atoms with Crippen LogP contribution in [0.4, 0.5) is 5.69 Å². The number of fused-ring (bicyclic) bond motifs is 1. The van der Waals surface area contributed by atoms with Gasteiger partial charge in [0.05, 0.1) is 12.3 Å². The zero-order chi connectivity index (χ0) is 17.3. The zero-order valence-corrected chi connectivity index (χ0v) is 14.6. The number of hydrogen-bond acceptors (Lipinski definition) is 3. The summed E-state index contributed by atoms with van der Waals surface area (Å²) in [6, 6.07) is 9.53. The molecule has 126 valence electrons. The van der Waals surface area contributed by atoms with Crippen molar-refractivity contribution in [1.29, 1.82) is 0 Å². The van der Waals surface area contributed by atoms with Gasteiger partial charge in [-0.15, -0.1) is 0 Å². The molecule has 2 aromatic rings. The van der Waals surface area contributed by atoms with Crippen LogP contribution >= 0.6 is 0 Å². The largest absolute Gasteiger partial charge is 0.492 e. The van der Waals surface area contributed by atoms with Gasteiger partial charge in [0.15, 0.2) is 0 Å². The van der Waals surface area contributed by atoms with Gasteiger partial charge in [0.25, 0.3) is 5.91 Å². The van der Waals surface area contributed by atoms with Crippen LogP contribution in [0.1, 0.15) is 40.9 Å². The Bertz CT molecular complexity index is 783. The number of nitrogens with one attached hydrogen (secondary N) is 1. The third kappa shape index (κ3) is 3.23. The van der Waals surface area contributed by atoms with Crippen LogP contribution < -0.4 is 14.8 Å². The number of carbonyl (C=O) groups is 1. The molecule has 1 aliphatic rings. The Morgan fingerprint density at radius 2 is 2.04 bits per heavy atom. The lowest BCUT2D eigenvalue weighted by atomic mass is 10.1. The fourth-order valence-corrected chi connectivity index (χ4v) is 2.89. The molecule has 0 saturated heterocycles. The molecule has 0 saturated carbocycles. The summed E-state index contributed by atoms with van der Waals surface area (Å²) in [6.07, 6.45) is 1.01. The van der Waals surface area contributed by atoms with Gasteiger partial charge in [0.1, 0.15) is 17.6 Å². The van der Waals surface area contributed by atoms with E-state index in [0.29, 0.717) is 23.6 Å². The molecular formula is C20H23NO3. The second-order valence-electron chi connectivity index (χ2n) is 6.27. The van der Waals surface area contributed by atoms with E-state index in [1.54, 1.807) is 0 Å². The van der Waals surface area contributed by atoms with E-state index in [1.165, 1.54) is 5.56 Å². The molecule has 0 bridgehead atoms. The molecule has 0 aliphatic carbocycles. The third-order valence-electron chi connectivity index (χ3n) is 4.32. The average molecular weight is 325 g/mol. The number of hydrogen-bond donors (Lipinski definition) is 1. The minimum Gasteiger partial charge on any atom is -0.492 e. The Hall–Kier alpha value is -2.49. The van der Waals surface area contributed by atoms with E-state index < -0.39 is 0 Å². The predicted octanol–water partition coefficient (Wildman–Crippen LogP) is 4.28. The van der Waals surface area contributed by atoms with Gasteiger partial charge in [-0.05, 0) is 57.0 Å². The Kier molecular flexibility index (Phi) is 4.47. The van der Waals surface area contributed by atoms with Gasteiger partial charge in [0.2, 0.25) is 0 Å². The van der Waals surface area contributed by atoms with Crippen molar-refractivity contribution in [3.8, 4) is 11.5 Å². The van der Waals surface area contributed by atoms with Crippen LogP contribution in [0.15, 0.2) is 30.3 Å². The molecule has 1 N–H and O–H groups in total. The lowest BCUT2D eigenvalue weighted by Crippen LogP contribution is -2.13. The Morgan fingerprint density at radius 1 is 1.25 bits per heavy atom. The van der Waals surface area contributed by atoms with E-state index >= 15 is 0 Å². The summed E-state index contributed by atoms with van der Waals surface area (Å²) in [5.74, 6) is 1.36. The maximum absolute atomic E-state index is 12.6. The van der Waals surface area contributed by atoms with Crippen LogP contribution in [0, 0.1) is 13.8 Å². The number of aryl methyl sites for hydroxylation is 2. The summed E-state index contributed by atoms with van der Waals surface area (Å²) in [7, 11) is 0. The van der Waals surface area contributed by atoms with Gasteiger partial charge in [-0.2, -0.15) is 0 Å². The summed E-state index contributed by atoms with van der Waals surface area (Å²) < 4.78 is 11.5. The predicted molar refractivity (Wildman–Crippen MR) is 95.3 cm³/mol. The molecule has 3 rings (SSSR count). The molecule has 4 heteroatoms. The van der Waals surface area contributed by atoms with Gasteiger partial charge >= 0.3 is 0 Å².